The molecule has 3 saturated heterocycles. The Morgan fingerprint density at radius 3 is 2.88 bits per heavy atom. The summed E-state index contributed by atoms with van der Waals surface area (Å²) in [6, 6.07) is 6.69. The van der Waals surface area contributed by atoms with Crippen LogP contribution in [0.1, 0.15) is 29.5 Å². The van der Waals surface area contributed by atoms with Crippen molar-refractivity contribution in [3.63, 3.8) is 0 Å². The van der Waals surface area contributed by atoms with Crippen molar-refractivity contribution < 1.29 is 4.79 Å². The van der Waals surface area contributed by atoms with Crippen LogP contribution in [-0.2, 0) is 11.3 Å². The van der Waals surface area contributed by atoms with Crippen LogP contribution in [0.2, 0.25) is 0 Å². The second-order valence-corrected chi connectivity index (χ2v) is 7.20. The molecule has 1 aromatic carbocycles. The van der Waals surface area contributed by atoms with Gasteiger partial charge in [0.05, 0.1) is 11.6 Å². The van der Waals surface area contributed by atoms with E-state index in [2.05, 4.69) is 41.3 Å². The molecule has 5 nitrogen and oxygen atoms in total. The third-order valence-electron chi connectivity index (χ3n) is 5.26. The molecule has 1 aromatic heterocycles. The molecular formula is C19H24N4O. The fourth-order valence-electron chi connectivity index (χ4n) is 4.08. The Balaban J connectivity index is 1.66. The van der Waals surface area contributed by atoms with Gasteiger partial charge in [-0.2, -0.15) is 5.10 Å². The van der Waals surface area contributed by atoms with Crippen molar-refractivity contribution in [2.24, 2.45) is 5.92 Å². The number of carbonyl (C=O) groups is 1. The van der Waals surface area contributed by atoms with Gasteiger partial charge < -0.3 is 5.32 Å². The maximum Gasteiger partial charge on any atom is 0.224 e. The van der Waals surface area contributed by atoms with E-state index in [4.69, 9.17) is 0 Å². The molecule has 3 aliphatic rings. The Bertz CT molecular complexity index is 753. The third-order valence-corrected chi connectivity index (χ3v) is 5.26. The molecule has 3 fully saturated rings. The zero-order valence-electron chi connectivity index (χ0n) is 14.3. The van der Waals surface area contributed by atoms with E-state index in [1.807, 2.05) is 23.1 Å². The fraction of sp³-hybridized carbons (Fsp3) is 0.474. The van der Waals surface area contributed by atoms with E-state index < -0.39 is 0 Å². The largest absolute Gasteiger partial charge is 0.352 e. The molecule has 1 N–H and O–H groups in total. The van der Waals surface area contributed by atoms with Crippen molar-refractivity contribution in [2.45, 2.75) is 39.3 Å². The first-order valence-electron chi connectivity index (χ1n) is 8.73. The maximum absolute atomic E-state index is 12.1. The van der Waals surface area contributed by atoms with Gasteiger partial charge >= 0.3 is 0 Å². The SMILES string of the molecule is Cc1cc(C)c(CN2C[C@H]3CC[C@@H](C2)C(=O)N3)c(-n2cccn2)c1. The van der Waals surface area contributed by atoms with Crippen LogP contribution in [0.4, 0.5) is 0 Å². The lowest BCUT2D eigenvalue weighted by atomic mass is 9.96. The van der Waals surface area contributed by atoms with Crippen molar-refractivity contribution >= 4 is 5.91 Å². The van der Waals surface area contributed by atoms with Crippen molar-refractivity contribution in [3.05, 3.63) is 47.3 Å². The van der Waals surface area contributed by atoms with Crippen molar-refractivity contribution in [3.8, 4) is 5.69 Å². The fourth-order valence-corrected chi connectivity index (χ4v) is 4.08. The molecule has 3 aliphatic heterocycles. The number of nitrogens with zero attached hydrogens (tertiary/aromatic N) is 3. The van der Waals surface area contributed by atoms with Crippen LogP contribution in [0, 0.1) is 19.8 Å². The van der Waals surface area contributed by atoms with E-state index in [1.165, 1.54) is 16.7 Å². The minimum absolute atomic E-state index is 0.141. The summed E-state index contributed by atoms with van der Waals surface area (Å²) in [5, 5.41) is 7.59. The molecule has 0 radical (unpaired) electrons. The van der Waals surface area contributed by atoms with Crippen LogP contribution in [-0.4, -0.2) is 39.7 Å². The van der Waals surface area contributed by atoms with Crippen LogP contribution in [0.5, 0.6) is 0 Å². The summed E-state index contributed by atoms with van der Waals surface area (Å²) >= 11 is 0. The highest BCUT2D eigenvalue weighted by molar-refractivity contribution is 5.80. The number of rotatable bonds is 3. The monoisotopic (exact) mass is 324 g/mol. The number of piperidine rings is 1. The van der Waals surface area contributed by atoms with Crippen LogP contribution in [0.15, 0.2) is 30.6 Å². The quantitative estimate of drug-likeness (QED) is 0.942. The van der Waals surface area contributed by atoms with Crippen LogP contribution in [0.3, 0.4) is 0 Å². The first kappa shape index (κ1) is 15.4. The maximum atomic E-state index is 12.1. The summed E-state index contributed by atoms with van der Waals surface area (Å²) in [4.78, 5) is 14.5. The predicted octanol–water partition coefficient (Wildman–Crippen LogP) is 2.20. The molecule has 5 rings (SSSR count). The minimum Gasteiger partial charge on any atom is -0.352 e. The number of nitrogens with one attached hydrogen (secondary N) is 1. The van der Waals surface area contributed by atoms with Crippen LogP contribution >= 0.6 is 0 Å². The highest BCUT2D eigenvalue weighted by Gasteiger charge is 2.34. The van der Waals surface area contributed by atoms with Crippen molar-refractivity contribution in [2.75, 3.05) is 13.1 Å². The number of hydrogen-bond donors (Lipinski definition) is 1. The van der Waals surface area contributed by atoms with Crippen LogP contribution in [0.25, 0.3) is 5.69 Å². The van der Waals surface area contributed by atoms with E-state index in [-0.39, 0.29) is 11.8 Å². The normalized spacial score (nSPS) is 24.0. The summed E-state index contributed by atoms with van der Waals surface area (Å²) in [6.45, 7) is 6.95. The Labute approximate surface area is 142 Å². The number of hydrogen-bond acceptors (Lipinski definition) is 3. The highest BCUT2D eigenvalue weighted by Crippen LogP contribution is 2.27. The molecule has 0 spiro atoms. The summed E-state index contributed by atoms with van der Waals surface area (Å²) in [7, 11) is 0. The average molecular weight is 324 g/mol. The second kappa shape index (κ2) is 6.06. The molecule has 0 unspecified atom stereocenters. The summed E-state index contributed by atoms with van der Waals surface area (Å²) in [5.74, 6) is 0.379. The topological polar surface area (TPSA) is 50.2 Å². The summed E-state index contributed by atoms with van der Waals surface area (Å²) in [6.07, 6.45) is 5.93. The van der Waals surface area contributed by atoms with Gasteiger partial charge in [-0.25, -0.2) is 4.68 Å². The first-order chi connectivity index (χ1) is 11.6. The minimum atomic E-state index is 0.141. The third kappa shape index (κ3) is 2.84. The molecular weight excluding hydrogens is 300 g/mol. The molecule has 2 bridgehead atoms. The van der Waals surface area contributed by atoms with Gasteiger partial charge in [0.15, 0.2) is 0 Å². The number of fused-ring (bicyclic) bond motifs is 4. The van der Waals surface area contributed by atoms with Gasteiger partial charge in [-0.15, -0.1) is 0 Å². The molecule has 126 valence electrons. The first-order valence-corrected chi connectivity index (χ1v) is 8.73. The molecule has 0 saturated carbocycles. The number of carbonyl (C=O) groups excluding carboxylic acids is 1. The predicted molar refractivity (Wildman–Crippen MR) is 93.0 cm³/mol. The Morgan fingerprint density at radius 2 is 2.12 bits per heavy atom. The molecule has 2 atom stereocenters. The van der Waals surface area contributed by atoms with Gasteiger partial charge in [0, 0.05) is 38.1 Å². The lowest BCUT2D eigenvalue weighted by molar-refractivity contribution is -0.126. The van der Waals surface area contributed by atoms with Gasteiger partial charge in [0.25, 0.3) is 0 Å². The number of amides is 1. The van der Waals surface area contributed by atoms with Gasteiger partial charge in [-0.3, -0.25) is 9.69 Å². The summed E-state index contributed by atoms with van der Waals surface area (Å²) < 4.78 is 1.95. The van der Waals surface area contributed by atoms with Crippen molar-refractivity contribution in [1.29, 1.82) is 0 Å². The molecule has 2 aromatic rings. The highest BCUT2D eigenvalue weighted by atomic mass is 16.2. The molecule has 5 heteroatoms. The lowest BCUT2D eigenvalue weighted by Crippen LogP contribution is -2.43. The Morgan fingerprint density at radius 1 is 1.25 bits per heavy atom. The van der Waals surface area contributed by atoms with Crippen LogP contribution < -0.4 is 5.32 Å². The van der Waals surface area contributed by atoms with E-state index in [0.29, 0.717) is 6.04 Å². The van der Waals surface area contributed by atoms with Gasteiger partial charge in [0.2, 0.25) is 5.91 Å². The summed E-state index contributed by atoms with van der Waals surface area (Å²) in [5.41, 5.74) is 4.98. The number of benzene rings is 1. The van der Waals surface area contributed by atoms with Gasteiger partial charge in [0.1, 0.15) is 0 Å². The van der Waals surface area contributed by atoms with E-state index >= 15 is 0 Å². The van der Waals surface area contributed by atoms with Crippen molar-refractivity contribution in [1.82, 2.24) is 20.0 Å². The lowest BCUT2D eigenvalue weighted by Gasteiger charge is -2.24. The smallest absolute Gasteiger partial charge is 0.224 e. The zero-order valence-corrected chi connectivity index (χ0v) is 14.3. The van der Waals surface area contributed by atoms with Gasteiger partial charge in [-0.1, -0.05) is 6.07 Å². The molecule has 0 aliphatic carbocycles. The number of aryl methyl sites for hydroxylation is 2. The average Bonchev–Trinajstić information content (AvgIpc) is 2.94. The molecule has 1 amide bonds. The second-order valence-electron chi connectivity index (χ2n) is 7.20. The van der Waals surface area contributed by atoms with E-state index in [0.717, 1.165) is 38.2 Å². The number of aromatic nitrogens is 2. The molecule has 24 heavy (non-hydrogen) atoms. The Hall–Kier alpha value is -2.14. The van der Waals surface area contributed by atoms with Gasteiger partial charge in [-0.05, 0) is 55.5 Å². The standard InChI is InChI=1S/C19H24N4O/c1-13-8-14(2)17(18(9-13)23-7-3-6-20-23)12-22-10-15-4-5-16(11-22)21-19(15)24/h3,6-9,15-16H,4-5,10-12H2,1-2H3,(H,21,24)/t15-,16+/m0/s1. The van der Waals surface area contributed by atoms with E-state index in [1.54, 1.807) is 0 Å². The zero-order chi connectivity index (χ0) is 16.7. The van der Waals surface area contributed by atoms with E-state index in [9.17, 15) is 4.79 Å². The Kier molecular flexibility index (Phi) is 3.88. The molecule has 4 heterocycles.